The first-order valence-corrected chi connectivity index (χ1v) is 6.52. The summed E-state index contributed by atoms with van der Waals surface area (Å²) in [6, 6.07) is 1.94. The Bertz CT molecular complexity index is 338. The second kappa shape index (κ2) is 5.50. The highest BCUT2D eigenvalue weighted by atomic mass is 32.2. The fourth-order valence-corrected chi connectivity index (χ4v) is 1.81. The SMILES string of the molecule is CCN(CC(C)(C)O)c1cc(SC)ncn1. The molecule has 5 heteroatoms. The molecule has 1 aromatic heterocycles. The van der Waals surface area contributed by atoms with Crippen molar-refractivity contribution >= 4 is 17.6 Å². The Morgan fingerprint density at radius 2 is 2.12 bits per heavy atom. The van der Waals surface area contributed by atoms with Gasteiger partial charge in [-0.25, -0.2) is 9.97 Å². The standard InChI is InChI=1S/C11H19N3OS/c1-5-14(7-11(2,3)15)9-6-10(16-4)13-8-12-9/h6,8,15H,5,7H2,1-4H3. The maximum atomic E-state index is 9.82. The van der Waals surface area contributed by atoms with Crippen LogP contribution >= 0.6 is 11.8 Å². The Balaban J connectivity index is 2.86. The van der Waals surface area contributed by atoms with E-state index in [1.807, 2.05) is 24.1 Å². The molecular formula is C11H19N3OS. The van der Waals surface area contributed by atoms with Gasteiger partial charge >= 0.3 is 0 Å². The van der Waals surface area contributed by atoms with Crippen LogP contribution in [-0.4, -0.2) is 40.0 Å². The third kappa shape index (κ3) is 3.98. The molecule has 0 atom stereocenters. The average molecular weight is 241 g/mol. The first-order valence-electron chi connectivity index (χ1n) is 5.29. The third-order valence-electron chi connectivity index (χ3n) is 2.12. The molecule has 0 aliphatic rings. The lowest BCUT2D eigenvalue weighted by atomic mass is 10.1. The molecule has 0 spiro atoms. The number of rotatable bonds is 5. The van der Waals surface area contributed by atoms with Crippen LogP contribution in [0.2, 0.25) is 0 Å². The number of aliphatic hydroxyl groups is 1. The Morgan fingerprint density at radius 3 is 2.62 bits per heavy atom. The van der Waals surface area contributed by atoms with Gasteiger partial charge in [0, 0.05) is 19.2 Å². The molecule has 16 heavy (non-hydrogen) atoms. The second-order valence-corrected chi connectivity index (χ2v) is 5.07. The molecule has 1 aromatic rings. The lowest BCUT2D eigenvalue weighted by Crippen LogP contribution is -2.39. The summed E-state index contributed by atoms with van der Waals surface area (Å²) in [7, 11) is 0. The minimum atomic E-state index is -0.722. The fraction of sp³-hybridized carbons (Fsp3) is 0.636. The van der Waals surface area contributed by atoms with E-state index in [1.165, 1.54) is 0 Å². The summed E-state index contributed by atoms with van der Waals surface area (Å²) in [4.78, 5) is 10.4. The molecule has 90 valence electrons. The van der Waals surface area contributed by atoms with Gasteiger partial charge in [0.1, 0.15) is 17.2 Å². The quantitative estimate of drug-likeness (QED) is 0.629. The number of nitrogens with zero attached hydrogens (tertiary/aromatic N) is 3. The molecule has 0 radical (unpaired) electrons. The second-order valence-electron chi connectivity index (χ2n) is 4.25. The maximum Gasteiger partial charge on any atom is 0.133 e. The Labute approximate surface area is 101 Å². The number of hydrogen-bond acceptors (Lipinski definition) is 5. The van der Waals surface area contributed by atoms with Crippen LogP contribution in [-0.2, 0) is 0 Å². The molecule has 0 aliphatic carbocycles. The molecule has 0 saturated heterocycles. The monoisotopic (exact) mass is 241 g/mol. The number of thioether (sulfide) groups is 1. The van der Waals surface area contributed by atoms with Crippen LogP contribution in [0.25, 0.3) is 0 Å². The van der Waals surface area contributed by atoms with Crippen LogP contribution in [0.5, 0.6) is 0 Å². The molecule has 0 aliphatic heterocycles. The van der Waals surface area contributed by atoms with E-state index in [9.17, 15) is 5.11 Å². The van der Waals surface area contributed by atoms with Gasteiger partial charge in [0.2, 0.25) is 0 Å². The smallest absolute Gasteiger partial charge is 0.133 e. The van der Waals surface area contributed by atoms with E-state index in [4.69, 9.17) is 0 Å². The van der Waals surface area contributed by atoms with Crippen molar-refractivity contribution in [3.8, 4) is 0 Å². The zero-order valence-electron chi connectivity index (χ0n) is 10.3. The molecule has 1 heterocycles. The Kier molecular flexibility index (Phi) is 4.56. The molecule has 0 amide bonds. The number of hydrogen-bond donors (Lipinski definition) is 1. The van der Waals surface area contributed by atoms with E-state index in [0.29, 0.717) is 6.54 Å². The molecule has 1 N–H and O–H groups in total. The van der Waals surface area contributed by atoms with Crippen LogP contribution < -0.4 is 4.90 Å². The van der Waals surface area contributed by atoms with Crippen LogP contribution in [0.15, 0.2) is 17.4 Å². The van der Waals surface area contributed by atoms with Crippen molar-refractivity contribution in [2.45, 2.75) is 31.4 Å². The van der Waals surface area contributed by atoms with Crippen LogP contribution in [0.4, 0.5) is 5.82 Å². The largest absolute Gasteiger partial charge is 0.389 e. The first-order chi connectivity index (χ1) is 7.46. The summed E-state index contributed by atoms with van der Waals surface area (Å²) < 4.78 is 0. The van der Waals surface area contributed by atoms with E-state index in [2.05, 4.69) is 9.97 Å². The molecular weight excluding hydrogens is 222 g/mol. The van der Waals surface area contributed by atoms with Gasteiger partial charge in [0.25, 0.3) is 0 Å². The molecule has 0 aromatic carbocycles. The van der Waals surface area contributed by atoms with Crippen molar-refractivity contribution in [3.63, 3.8) is 0 Å². The predicted molar refractivity (Wildman–Crippen MR) is 68.0 cm³/mol. The average Bonchev–Trinajstić information content (AvgIpc) is 2.25. The summed E-state index contributed by atoms with van der Waals surface area (Å²) in [5, 5.41) is 10.8. The van der Waals surface area contributed by atoms with Crippen molar-refractivity contribution in [1.29, 1.82) is 0 Å². The van der Waals surface area contributed by atoms with Crippen molar-refractivity contribution < 1.29 is 5.11 Å². The van der Waals surface area contributed by atoms with E-state index >= 15 is 0 Å². The Morgan fingerprint density at radius 1 is 1.44 bits per heavy atom. The van der Waals surface area contributed by atoms with Gasteiger partial charge < -0.3 is 10.0 Å². The van der Waals surface area contributed by atoms with Gasteiger partial charge in [-0.1, -0.05) is 0 Å². The maximum absolute atomic E-state index is 9.82. The van der Waals surface area contributed by atoms with Gasteiger partial charge in [-0.15, -0.1) is 11.8 Å². The summed E-state index contributed by atoms with van der Waals surface area (Å²) in [5.74, 6) is 0.865. The minimum Gasteiger partial charge on any atom is -0.389 e. The van der Waals surface area contributed by atoms with Crippen molar-refractivity contribution in [2.75, 3.05) is 24.2 Å². The molecule has 1 rings (SSSR count). The summed E-state index contributed by atoms with van der Waals surface area (Å²) in [5.41, 5.74) is -0.722. The predicted octanol–water partition coefficient (Wildman–Crippen LogP) is 1.80. The third-order valence-corrected chi connectivity index (χ3v) is 2.76. The molecule has 0 unspecified atom stereocenters. The van der Waals surface area contributed by atoms with Gasteiger partial charge in [-0.2, -0.15) is 0 Å². The highest BCUT2D eigenvalue weighted by molar-refractivity contribution is 7.98. The first kappa shape index (κ1) is 13.3. The van der Waals surface area contributed by atoms with Crippen molar-refractivity contribution in [1.82, 2.24) is 9.97 Å². The van der Waals surface area contributed by atoms with Gasteiger partial charge in [0.15, 0.2) is 0 Å². The molecule has 0 fully saturated rings. The fourth-order valence-electron chi connectivity index (χ4n) is 1.44. The van der Waals surface area contributed by atoms with Crippen LogP contribution in [0, 0.1) is 0 Å². The van der Waals surface area contributed by atoms with Gasteiger partial charge in [0.05, 0.1) is 5.60 Å². The van der Waals surface area contributed by atoms with E-state index in [0.717, 1.165) is 17.4 Å². The highest BCUT2D eigenvalue weighted by Gasteiger charge is 2.18. The van der Waals surface area contributed by atoms with Crippen LogP contribution in [0.3, 0.4) is 0 Å². The Hall–Kier alpha value is -0.810. The normalized spacial score (nSPS) is 11.6. The summed E-state index contributed by atoms with van der Waals surface area (Å²) in [6.07, 6.45) is 3.55. The number of anilines is 1. The zero-order valence-corrected chi connectivity index (χ0v) is 11.1. The topological polar surface area (TPSA) is 49.2 Å². The number of likely N-dealkylation sites (N-methyl/N-ethyl adjacent to an activating group) is 1. The van der Waals surface area contributed by atoms with E-state index in [1.54, 1.807) is 31.9 Å². The van der Waals surface area contributed by atoms with Crippen molar-refractivity contribution in [2.24, 2.45) is 0 Å². The molecule has 0 saturated carbocycles. The lowest BCUT2D eigenvalue weighted by Gasteiger charge is -2.28. The van der Waals surface area contributed by atoms with Gasteiger partial charge in [-0.05, 0) is 27.0 Å². The van der Waals surface area contributed by atoms with E-state index in [-0.39, 0.29) is 0 Å². The molecule has 0 bridgehead atoms. The highest BCUT2D eigenvalue weighted by Crippen LogP contribution is 2.18. The zero-order chi connectivity index (χ0) is 12.2. The van der Waals surface area contributed by atoms with Crippen LogP contribution in [0.1, 0.15) is 20.8 Å². The van der Waals surface area contributed by atoms with E-state index < -0.39 is 5.60 Å². The lowest BCUT2D eigenvalue weighted by molar-refractivity contribution is 0.0874. The summed E-state index contributed by atoms with van der Waals surface area (Å²) >= 11 is 1.59. The van der Waals surface area contributed by atoms with Crippen molar-refractivity contribution in [3.05, 3.63) is 12.4 Å². The number of aromatic nitrogens is 2. The van der Waals surface area contributed by atoms with Gasteiger partial charge in [-0.3, -0.25) is 0 Å². The minimum absolute atomic E-state index is 0.564. The summed E-state index contributed by atoms with van der Waals surface area (Å²) in [6.45, 7) is 7.02. The molecule has 4 nitrogen and oxygen atoms in total.